The average Bonchev–Trinajstić information content (AvgIpc) is 3.28. The van der Waals surface area contributed by atoms with E-state index in [-0.39, 0.29) is 22.6 Å². The van der Waals surface area contributed by atoms with E-state index in [1.54, 1.807) is 24.4 Å². The highest BCUT2D eigenvalue weighted by molar-refractivity contribution is 5.91. The average molecular weight is 433 g/mol. The van der Waals surface area contributed by atoms with Crippen LogP contribution in [0.15, 0.2) is 77.7 Å². The Morgan fingerprint density at radius 3 is 2.64 bits per heavy atom. The zero-order valence-corrected chi connectivity index (χ0v) is 17.8. The van der Waals surface area contributed by atoms with Gasteiger partial charge >= 0.3 is 0 Å². The molecule has 33 heavy (non-hydrogen) atoms. The van der Waals surface area contributed by atoms with E-state index in [4.69, 9.17) is 4.74 Å². The summed E-state index contributed by atoms with van der Waals surface area (Å²) in [5.41, 5.74) is 3.17. The Morgan fingerprint density at radius 2 is 1.88 bits per heavy atom. The molecule has 0 saturated heterocycles. The Morgan fingerprint density at radius 1 is 1.09 bits per heavy atom. The van der Waals surface area contributed by atoms with Gasteiger partial charge in [-0.2, -0.15) is 10.2 Å². The molecule has 0 spiro atoms. The van der Waals surface area contributed by atoms with Crippen LogP contribution in [0.4, 0.5) is 0 Å². The van der Waals surface area contributed by atoms with Gasteiger partial charge in [-0.25, -0.2) is 4.98 Å². The Bertz CT molecular complexity index is 1570. The van der Waals surface area contributed by atoms with Gasteiger partial charge < -0.3 is 9.72 Å². The fourth-order valence-electron chi connectivity index (χ4n) is 3.57. The molecule has 3 heterocycles. The Balaban J connectivity index is 1.67. The normalized spacial score (nSPS) is 11.6. The number of rotatable bonds is 5. The van der Waals surface area contributed by atoms with Crippen LogP contribution >= 0.6 is 0 Å². The van der Waals surface area contributed by atoms with E-state index in [0.29, 0.717) is 17.2 Å². The number of benzene rings is 2. The van der Waals surface area contributed by atoms with Gasteiger partial charge in [0.25, 0.3) is 5.56 Å². The minimum absolute atomic E-state index is 0.124. The van der Waals surface area contributed by atoms with Crippen LogP contribution in [0, 0.1) is 11.3 Å². The minimum Gasteiger partial charge on any atom is -0.438 e. The molecule has 3 aromatic heterocycles. The van der Waals surface area contributed by atoms with Gasteiger partial charge in [-0.15, -0.1) is 0 Å². The van der Waals surface area contributed by atoms with Crippen molar-refractivity contribution in [1.29, 1.82) is 5.26 Å². The minimum atomic E-state index is -0.343. The zero-order chi connectivity index (χ0) is 22.8. The van der Waals surface area contributed by atoms with Crippen LogP contribution in [0.25, 0.3) is 28.3 Å². The SMILES string of the molecule is CCc1ccc(Oc2nc3ccccn3c(=O)c2C=C(C#N)c2nc3ccccc3[nH]2)cc1. The monoisotopic (exact) mass is 433 g/mol. The van der Waals surface area contributed by atoms with Crippen molar-refractivity contribution < 1.29 is 4.74 Å². The van der Waals surface area contributed by atoms with E-state index in [2.05, 4.69) is 27.9 Å². The fraction of sp³-hybridized carbons (Fsp3) is 0.0769. The van der Waals surface area contributed by atoms with Gasteiger partial charge in [0.1, 0.15) is 28.9 Å². The van der Waals surface area contributed by atoms with Crippen LogP contribution in [0.5, 0.6) is 11.6 Å². The molecule has 0 atom stereocenters. The molecule has 160 valence electrons. The number of nitrogens with zero attached hydrogens (tertiary/aromatic N) is 4. The van der Waals surface area contributed by atoms with E-state index in [1.165, 1.54) is 16.0 Å². The second-order valence-corrected chi connectivity index (χ2v) is 7.44. The molecule has 7 heteroatoms. The highest BCUT2D eigenvalue weighted by Gasteiger charge is 2.16. The molecule has 5 rings (SSSR count). The van der Waals surface area contributed by atoms with Crippen LogP contribution in [-0.4, -0.2) is 19.4 Å². The van der Waals surface area contributed by atoms with Crippen molar-refractivity contribution in [3.8, 4) is 17.7 Å². The summed E-state index contributed by atoms with van der Waals surface area (Å²) in [6.07, 6.45) is 4.02. The second-order valence-electron chi connectivity index (χ2n) is 7.44. The number of imidazole rings is 1. The summed E-state index contributed by atoms with van der Waals surface area (Å²) >= 11 is 0. The topological polar surface area (TPSA) is 96.1 Å². The van der Waals surface area contributed by atoms with Crippen LogP contribution in [-0.2, 0) is 6.42 Å². The van der Waals surface area contributed by atoms with Gasteiger partial charge in [0.2, 0.25) is 5.88 Å². The number of hydrogen-bond acceptors (Lipinski definition) is 5. The third kappa shape index (κ3) is 3.86. The summed E-state index contributed by atoms with van der Waals surface area (Å²) in [5, 5.41) is 9.86. The summed E-state index contributed by atoms with van der Waals surface area (Å²) in [5.74, 6) is 1.05. The predicted molar refractivity (Wildman–Crippen MR) is 127 cm³/mol. The molecule has 0 bridgehead atoms. The lowest BCUT2D eigenvalue weighted by Gasteiger charge is -2.10. The van der Waals surface area contributed by atoms with Crippen LogP contribution in [0.2, 0.25) is 0 Å². The van der Waals surface area contributed by atoms with Crippen molar-refractivity contribution in [3.63, 3.8) is 0 Å². The molecule has 1 N–H and O–H groups in total. The highest BCUT2D eigenvalue weighted by Crippen LogP contribution is 2.26. The molecule has 0 radical (unpaired) electrons. The number of para-hydroxylation sites is 2. The summed E-state index contributed by atoms with van der Waals surface area (Å²) in [6, 6.07) is 22.5. The lowest BCUT2D eigenvalue weighted by molar-refractivity contribution is 0.461. The first-order chi connectivity index (χ1) is 16.2. The number of hydrogen-bond donors (Lipinski definition) is 1. The van der Waals surface area contributed by atoms with E-state index in [0.717, 1.165) is 17.5 Å². The number of aromatic amines is 1. The highest BCUT2D eigenvalue weighted by atomic mass is 16.5. The van der Waals surface area contributed by atoms with Gasteiger partial charge in [0.05, 0.1) is 16.6 Å². The maximum absolute atomic E-state index is 13.4. The first-order valence-electron chi connectivity index (χ1n) is 10.5. The van der Waals surface area contributed by atoms with Crippen LogP contribution in [0.3, 0.4) is 0 Å². The van der Waals surface area contributed by atoms with Crippen molar-refractivity contribution in [2.24, 2.45) is 0 Å². The van der Waals surface area contributed by atoms with E-state index in [1.807, 2.05) is 48.5 Å². The van der Waals surface area contributed by atoms with E-state index < -0.39 is 0 Å². The molecular formula is C26H19N5O2. The molecule has 7 nitrogen and oxygen atoms in total. The van der Waals surface area contributed by atoms with E-state index in [9.17, 15) is 10.1 Å². The number of nitrogens with one attached hydrogen (secondary N) is 1. The Hall–Kier alpha value is -4.70. The molecule has 0 saturated carbocycles. The van der Waals surface area contributed by atoms with Gasteiger partial charge in [0, 0.05) is 6.20 Å². The third-order valence-electron chi connectivity index (χ3n) is 5.33. The van der Waals surface area contributed by atoms with Gasteiger partial charge in [-0.3, -0.25) is 9.20 Å². The first-order valence-corrected chi connectivity index (χ1v) is 10.5. The molecule has 0 aliphatic rings. The quantitative estimate of drug-likeness (QED) is 0.394. The molecule has 0 aliphatic carbocycles. The number of allylic oxidation sites excluding steroid dienone is 1. The number of aromatic nitrogens is 4. The maximum Gasteiger partial charge on any atom is 0.269 e. The molecule has 0 fully saturated rings. The third-order valence-corrected chi connectivity index (χ3v) is 5.33. The summed E-state index contributed by atoms with van der Waals surface area (Å²) in [4.78, 5) is 25.5. The number of H-pyrrole nitrogens is 1. The number of pyridine rings is 1. The largest absolute Gasteiger partial charge is 0.438 e. The predicted octanol–water partition coefficient (Wildman–Crippen LogP) is 4.99. The fourth-order valence-corrected chi connectivity index (χ4v) is 3.57. The van der Waals surface area contributed by atoms with Gasteiger partial charge in [-0.1, -0.05) is 37.3 Å². The Kier molecular flexibility index (Phi) is 5.17. The van der Waals surface area contributed by atoms with Crippen LogP contribution < -0.4 is 10.3 Å². The standard InChI is InChI=1S/C26H19N5O2/c1-2-17-10-12-19(13-11-17)33-25-20(26(32)31-14-6-5-9-23(31)30-25)15-18(16-27)24-28-21-7-3-4-8-22(21)29-24/h3-15H,2H2,1H3,(H,28,29). The molecule has 0 unspecified atom stereocenters. The van der Waals surface area contributed by atoms with Crippen molar-refractivity contribution in [2.45, 2.75) is 13.3 Å². The number of ether oxygens (including phenoxy) is 1. The summed E-state index contributed by atoms with van der Waals surface area (Å²) < 4.78 is 7.45. The summed E-state index contributed by atoms with van der Waals surface area (Å²) in [6.45, 7) is 2.08. The van der Waals surface area contributed by atoms with Crippen molar-refractivity contribution in [3.05, 3.63) is 100 Å². The number of nitriles is 1. The zero-order valence-electron chi connectivity index (χ0n) is 17.8. The lowest BCUT2D eigenvalue weighted by Crippen LogP contribution is -2.18. The number of aryl methyl sites for hydroxylation is 1. The molecular weight excluding hydrogens is 414 g/mol. The number of fused-ring (bicyclic) bond motifs is 2. The van der Waals surface area contributed by atoms with Gasteiger partial charge in [-0.05, 0) is 54.5 Å². The first kappa shape index (κ1) is 20.2. The van der Waals surface area contributed by atoms with Crippen molar-refractivity contribution >= 4 is 28.3 Å². The summed E-state index contributed by atoms with van der Waals surface area (Å²) in [7, 11) is 0. The van der Waals surface area contributed by atoms with E-state index >= 15 is 0 Å². The smallest absolute Gasteiger partial charge is 0.269 e. The maximum atomic E-state index is 13.4. The molecule has 0 amide bonds. The van der Waals surface area contributed by atoms with Crippen molar-refractivity contribution in [1.82, 2.24) is 19.4 Å². The molecule has 5 aromatic rings. The van der Waals surface area contributed by atoms with Crippen LogP contribution in [0.1, 0.15) is 23.9 Å². The Labute approximate surface area is 189 Å². The van der Waals surface area contributed by atoms with Crippen molar-refractivity contribution in [2.75, 3.05) is 0 Å². The second kappa shape index (κ2) is 8.44. The molecule has 0 aliphatic heterocycles. The lowest BCUT2D eigenvalue weighted by atomic mass is 10.1. The molecule has 2 aromatic carbocycles. The van der Waals surface area contributed by atoms with Gasteiger partial charge in [0.15, 0.2) is 0 Å².